The van der Waals surface area contributed by atoms with Crippen molar-refractivity contribution in [1.29, 1.82) is 0 Å². The lowest BCUT2D eigenvalue weighted by Gasteiger charge is -2.37. The van der Waals surface area contributed by atoms with Crippen LogP contribution >= 0.6 is 0 Å². The van der Waals surface area contributed by atoms with Crippen LogP contribution in [0.3, 0.4) is 0 Å². The van der Waals surface area contributed by atoms with Gasteiger partial charge in [0.05, 0.1) is 12.6 Å². The molecule has 0 saturated carbocycles. The summed E-state index contributed by atoms with van der Waals surface area (Å²) in [5, 5.41) is 0.949. The first-order valence-electron chi connectivity index (χ1n) is 14.8. The third kappa shape index (κ3) is 6.63. The van der Waals surface area contributed by atoms with E-state index in [9.17, 15) is 8.78 Å². The highest BCUT2D eigenvalue weighted by molar-refractivity contribution is 5.87. The summed E-state index contributed by atoms with van der Waals surface area (Å²) in [5.74, 6) is -3.99. The highest BCUT2D eigenvalue weighted by atomic mass is 19.3. The number of benzene rings is 2. The number of H-pyrrole nitrogens is 1. The molecule has 2 atom stereocenters. The lowest BCUT2D eigenvalue weighted by molar-refractivity contribution is -0.0248. The van der Waals surface area contributed by atoms with Crippen molar-refractivity contribution in [2.45, 2.75) is 71.8 Å². The number of fused-ring (bicyclic) bond motifs is 3. The molecule has 1 N–H and O–H groups in total. The van der Waals surface area contributed by atoms with Gasteiger partial charge in [0.1, 0.15) is 11.6 Å². The van der Waals surface area contributed by atoms with E-state index in [0.717, 1.165) is 67.9 Å². The van der Waals surface area contributed by atoms with Crippen molar-refractivity contribution in [3.8, 4) is 0 Å². The number of hydrogen-bond donors (Lipinski definition) is 1. The summed E-state index contributed by atoms with van der Waals surface area (Å²) < 4.78 is 60.0. The molecule has 1 fully saturated rings. The number of aromatic amines is 1. The van der Waals surface area contributed by atoms with Crippen LogP contribution in [-0.2, 0) is 12.8 Å². The van der Waals surface area contributed by atoms with Crippen molar-refractivity contribution in [2.24, 2.45) is 5.92 Å². The highest BCUT2D eigenvalue weighted by Gasteiger charge is 2.39. The molecule has 40 heavy (non-hydrogen) atoms. The van der Waals surface area contributed by atoms with E-state index in [-0.39, 0.29) is 12.1 Å². The lowest BCUT2D eigenvalue weighted by atomic mass is 9.89. The first kappa shape index (κ1) is 30.3. The number of unbranched alkanes of at least 4 members (excludes halogenated alkanes) is 1. The van der Waals surface area contributed by atoms with Crippen molar-refractivity contribution in [2.75, 3.05) is 32.7 Å². The number of alkyl halides is 2. The molecule has 0 spiro atoms. The smallest absolute Gasteiger partial charge is 0.257 e. The van der Waals surface area contributed by atoms with Crippen molar-refractivity contribution in [3.05, 3.63) is 76.5 Å². The molecule has 3 heterocycles. The SMILES string of the molecule is C=Cc1ccc2c3c([nH]c2c1)C(c1c(F)cc(CC2CCN(CCCC)C2)cc1F)N(CC(C)(F)F)CC3.CC. The molecule has 2 aliphatic rings. The molecular formula is C33H43F4N3. The first-order chi connectivity index (χ1) is 19.2. The van der Waals surface area contributed by atoms with E-state index < -0.39 is 30.1 Å². The number of nitrogens with zero attached hydrogens (tertiary/aromatic N) is 2. The molecule has 0 radical (unpaired) electrons. The van der Waals surface area contributed by atoms with Gasteiger partial charge in [-0.1, -0.05) is 52.0 Å². The van der Waals surface area contributed by atoms with Gasteiger partial charge in [0, 0.05) is 42.2 Å². The average Bonchev–Trinajstić information content (AvgIpc) is 3.51. The average molecular weight is 558 g/mol. The molecule has 218 valence electrons. The van der Waals surface area contributed by atoms with Crippen LogP contribution in [0.2, 0.25) is 0 Å². The predicted molar refractivity (Wildman–Crippen MR) is 157 cm³/mol. The fourth-order valence-electron chi connectivity index (χ4n) is 6.36. The molecule has 7 heteroatoms. The summed E-state index contributed by atoms with van der Waals surface area (Å²) in [4.78, 5) is 7.27. The fourth-order valence-corrected chi connectivity index (χ4v) is 6.36. The van der Waals surface area contributed by atoms with Gasteiger partial charge in [0.25, 0.3) is 5.92 Å². The van der Waals surface area contributed by atoms with Crippen LogP contribution in [0, 0.1) is 17.6 Å². The molecular weight excluding hydrogens is 514 g/mol. The minimum atomic E-state index is -3.00. The minimum Gasteiger partial charge on any atom is -0.357 e. The van der Waals surface area contributed by atoms with Crippen molar-refractivity contribution in [3.63, 3.8) is 0 Å². The van der Waals surface area contributed by atoms with Crippen LogP contribution in [-0.4, -0.2) is 53.4 Å². The van der Waals surface area contributed by atoms with Gasteiger partial charge in [-0.15, -0.1) is 0 Å². The topological polar surface area (TPSA) is 22.3 Å². The number of halogens is 4. The number of aromatic nitrogens is 1. The van der Waals surface area contributed by atoms with E-state index in [0.29, 0.717) is 30.0 Å². The van der Waals surface area contributed by atoms with E-state index in [4.69, 9.17) is 0 Å². The Morgan fingerprint density at radius 1 is 1.10 bits per heavy atom. The van der Waals surface area contributed by atoms with E-state index in [1.807, 2.05) is 32.0 Å². The zero-order valence-corrected chi connectivity index (χ0v) is 24.3. The van der Waals surface area contributed by atoms with Crippen LogP contribution in [0.15, 0.2) is 36.9 Å². The van der Waals surface area contributed by atoms with Crippen molar-refractivity contribution < 1.29 is 17.6 Å². The lowest BCUT2D eigenvalue weighted by Crippen LogP contribution is -2.43. The molecule has 1 saturated heterocycles. The van der Waals surface area contributed by atoms with Gasteiger partial charge in [-0.2, -0.15) is 0 Å². The van der Waals surface area contributed by atoms with Crippen LogP contribution < -0.4 is 0 Å². The second-order valence-electron chi connectivity index (χ2n) is 11.2. The summed E-state index contributed by atoms with van der Waals surface area (Å²) >= 11 is 0. The van der Waals surface area contributed by atoms with E-state index in [2.05, 4.69) is 23.4 Å². The molecule has 2 aliphatic heterocycles. The maximum absolute atomic E-state index is 15.8. The maximum atomic E-state index is 15.8. The Hall–Kier alpha value is -2.64. The summed E-state index contributed by atoms with van der Waals surface area (Å²) in [5.41, 5.74) is 3.70. The van der Waals surface area contributed by atoms with Gasteiger partial charge in [-0.25, -0.2) is 17.6 Å². The number of nitrogens with one attached hydrogen (secondary N) is 1. The predicted octanol–water partition coefficient (Wildman–Crippen LogP) is 8.38. The Bertz CT molecular complexity index is 1290. The Morgan fingerprint density at radius 2 is 1.82 bits per heavy atom. The molecule has 0 bridgehead atoms. The van der Waals surface area contributed by atoms with E-state index in [1.54, 1.807) is 6.08 Å². The zero-order valence-electron chi connectivity index (χ0n) is 24.3. The fraction of sp³-hybridized carbons (Fsp3) is 0.515. The number of rotatable bonds is 9. The van der Waals surface area contributed by atoms with Crippen LogP contribution in [0.1, 0.15) is 80.9 Å². The summed E-state index contributed by atoms with van der Waals surface area (Å²) in [6.07, 6.45) is 6.18. The second-order valence-corrected chi connectivity index (χ2v) is 11.2. The summed E-state index contributed by atoms with van der Waals surface area (Å²) in [6.45, 7) is 13.6. The third-order valence-electron chi connectivity index (χ3n) is 8.10. The maximum Gasteiger partial charge on any atom is 0.257 e. The normalized spacial score (nSPS) is 19.9. The summed E-state index contributed by atoms with van der Waals surface area (Å²) in [6, 6.07) is 7.70. The molecule has 5 rings (SSSR count). The van der Waals surface area contributed by atoms with Gasteiger partial charge in [-0.3, -0.25) is 4.90 Å². The Balaban J connectivity index is 0.00000181. The van der Waals surface area contributed by atoms with Gasteiger partial charge in [0.15, 0.2) is 0 Å². The van der Waals surface area contributed by atoms with E-state index >= 15 is 8.78 Å². The standard InChI is InChI=1S/C31H37F4N3.C2H6/c1-4-6-11-37-12-9-21(18-37)14-22-15-25(32)28(26(33)16-22)30-29-24(10-13-38(30)19-31(3,34)35)23-8-7-20(5-2)17-27(23)36-29;1-2/h5,7-8,15-17,21,30,36H,2,4,6,9-14,18-19H2,1,3H3;1-2H3. The molecule has 0 aliphatic carbocycles. The largest absolute Gasteiger partial charge is 0.357 e. The molecule has 2 unspecified atom stereocenters. The number of likely N-dealkylation sites (tertiary alicyclic amines) is 1. The van der Waals surface area contributed by atoms with Crippen molar-refractivity contribution in [1.82, 2.24) is 14.8 Å². The third-order valence-corrected chi connectivity index (χ3v) is 8.10. The minimum absolute atomic E-state index is 0.162. The second kappa shape index (κ2) is 12.9. The number of hydrogen-bond acceptors (Lipinski definition) is 2. The Labute approximate surface area is 236 Å². The monoisotopic (exact) mass is 557 g/mol. The quantitative estimate of drug-likeness (QED) is 0.267. The highest BCUT2D eigenvalue weighted by Crippen LogP contribution is 2.42. The van der Waals surface area contributed by atoms with Gasteiger partial charge >= 0.3 is 0 Å². The molecule has 2 aromatic carbocycles. The Morgan fingerprint density at radius 3 is 2.48 bits per heavy atom. The van der Waals surface area contributed by atoms with Crippen LogP contribution in [0.4, 0.5) is 17.6 Å². The summed E-state index contributed by atoms with van der Waals surface area (Å²) in [7, 11) is 0. The molecule has 3 nitrogen and oxygen atoms in total. The molecule has 3 aromatic rings. The van der Waals surface area contributed by atoms with Gasteiger partial charge < -0.3 is 9.88 Å². The van der Waals surface area contributed by atoms with Gasteiger partial charge in [0.2, 0.25) is 0 Å². The zero-order chi connectivity index (χ0) is 29.0. The Kier molecular flexibility index (Phi) is 9.78. The van der Waals surface area contributed by atoms with Crippen molar-refractivity contribution >= 4 is 17.0 Å². The first-order valence-corrected chi connectivity index (χ1v) is 14.8. The molecule has 0 amide bonds. The van der Waals surface area contributed by atoms with Crippen LogP contribution in [0.25, 0.3) is 17.0 Å². The van der Waals surface area contributed by atoms with Crippen LogP contribution in [0.5, 0.6) is 0 Å². The van der Waals surface area contributed by atoms with Gasteiger partial charge in [-0.05, 0) is 79.6 Å². The molecule has 1 aromatic heterocycles. The van der Waals surface area contributed by atoms with E-state index in [1.165, 1.54) is 17.0 Å².